The molecule has 4 aliphatic rings. The number of fused-ring (bicyclic) bond motifs is 4. The number of ether oxygens (including phenoxy) is 4. The lowest BCUT2D eigenvalue weighted by Gasteiger charge is -2.14. The highest BCUT2D eigenvalue weighted by molar-refractivity contribution is 14.1. The van der Waals surface area contributed by atoms with Crippen molar-refractivity contribution in [3.8, 4) is 28.7 Å². The van der Waals surface area contributed by atoms with Crippen LogP contribution in [-0.2, 0) is 32.8 Å². The van der Waals surface area contributed by atoms with Gasteiger partial charge in [0, 0.05) is 99.0 Å². The lowest BCUT2D eigenvalue weighted by Crippen LogP contribution is -2.22. The number of pyridine rings is 5. The topological polar surface area (TPSA) is 212 Å². The summed E-state index contributed by atoms with van der Waals surface area (Å²) in [6.07, 6.45) is 15.3. The van der Waals surface area contributed by atoms with Gasteiger partial charge in [0.25, 0.3) is 23.6 Å². The third kappa shape index (κ3) is 14.1. The predicted octanol–water partition coefficient (Wildman–Crippen LogP) is 10.7. The van der Waals surface area contributed by atoms with Crippen LogP contribution in [0.1, 0.15) is 76.8 Å². The molecule has 2 N–H and O–H groups in total. The molecule has 13 rings (SSSR count). The van der Waals surface area contributed by atoms with Crippen LogP contribution in [0.2, 0.25) is 0 Å². The number of nitrogens with zero attached hydrogens (tertiary/aromatic N) is 8. The smallest absolute Gasteiger partial charge is 0.258 e. The number of benzene rings is 4. The van der Waals surface area contributed by atoms with Crippen molar-refractivity contribution in [1.82, 2.24) is 30.2 Å². The summed E-state index contributed by atoms with van der Waals surface area (Å²) in [5.74, 6) is 3.18. The number of amides is 4. The highest BCUT2D eigenvalue weighted by atomic mass is 127. The Hall–Kier alpha value is -9.76. The Kier molecular flexibility index (Phi) is 19.3. The van der Waals surface area contributed by atoms with Gasteiger partial charge in [-0.25, -0.2) is 0 Å². The summed E-state index contributed by atoms with van der Waals surface area (Å²) in [6.45, 7) is 2.56. The number of phenols is 1. The van der Waals surface area contributed by atoms with Gasteiger partial charge in [-0.15, -0.1) is 0 Å². The molecule has 0 unspecified atom stereocenters. The fraction of sp³-hybridized carbons (Fsp3) is 0.145. The average molecular weight is 1200 g/mol. The van der Waals surface area contributed by atoms with Gasteiger partial charge in [-0.2, -0.15) is 0 Å². The molecular weight excluding hydrogens is 1140 g/mol. The van der Waals surface area contributed by atoms with Gasteiger partial charge in [0.2, 0.25) is 0 Å². The van der Waals surface area contributed by atoms with Crippen LogP contribution in [0.5, 0.6) is 28.7 Å². The van der Waals surface area contributed by atoms with Crippen LogP contribution in [0.25, 0.3) is 0 Å². The molecule has 19 heteroatoms. The first kappa shape index (κ1) is 57.4. The van der Waals surface area contributed by atoms with Crippen molar-refractivity contribution >= 4 is 63.3 Å². The number of aromatic hydroxyl groups is 1. The lowest BCUT2D eigenvalue weighted by atomic mass is 10.1. The molecule has 81 heavy (non-hydrogen) atoms. The fourth-order valence-corrected chi connectivity index (χ4v) is 9.08. The standard InChI is InChI=1S/C20H17N3O3.C14H12N2O2.C13H10N2O2.C9H9NO2.C5H4IN.CH4/c1-25-18-3-2-15(22-11-18)13-26-17-4-5-19-14(10-17)12-23(20(19)24)16-6-8-21-9-7-16;1-18-12-2-3-13-10(8-12)9-16(14(13)17)11-4-6-15-7-5-11;16-11-1-2-12-9(7-11)8-15(13(12)17)10-3-5-14-6-4-10;1-12-7-2-3-8-6(4-7)5-10-9(8)11;6-5-1-3-7-4-2-5;/h2-11H,12-13H2,1H3;2-8H,9H2,1H3;1-7,16H,8H2;2-4H,5H2,1H3,(H,10,11);1-4H;1H4. The molecule has 0 fully saturated rings. The van der Waals surface area contributed by atoms with E-state index in [1.807, 2.05) is 91.0 Å². The van der Waals surface area contributed by atoms with Gasteiger partial charge in [-0.3, -0.25) is 44.1 Å². The first-order valence-corrected chi connectivity index (χ1v) is 26.0. The van der Waals surface area contributed by atoms with Gasteiger partial charge >= 0.3 is 0 Å². The van der Waals surface area contributed by atoms with E-state index in [0.717, 1.165) is 67.6 Å². The molecule has 0 spiro atoms. The van der Waals surface area contributed by atoms with E-state index < -0.39 is 0 Å². The Morgan fingerprint density at radius 3 is 1.31 bits per heavy atom. The summed E-state index contributed by atoms with van der Waals surface area (Å²) < 4.78 is 22.4. The van der Waals surface area contributed by atoms with Crippen molar-refractivity contribution < 1.29 is 43.2 Å². The van der Waals surface area contributed by atoms with Gasteiger partial charge < -0.3 is 44.1 Å². The maximum absolute atomic E-state index is 12.6. The zero-order chi connectivity index (χ0) is 56.0. The lowest BCUT2D eigenvalue weighted by molar-refractivity contribution is 0.0962. The first-order valence-electron chi connectivity index (χ1n) is 24.9. The Bertz CT molecular complexity index is 3620. The van der Waals surface area contributed by atoms with Crippen molar-refractivity contribution in [1.29, 1.82) is 0 Å². The number of aromatic nitrogens is 5. The van der Waals surface area contributed by atoms with Crippen LogP contribution in [0.15, 0.2) is 189 Å². The van der Waals surface area contributed by atoms with Crippen molar-refractivity contribution in [2.75, 3.05) is 36.0 Å². The molecule has 4 aliphatic heterocycles. The van der Waals surface area contributed by atoms with Gasteiger partial charge in [0.15, 0.2) is 0 Å². The molecule has 5 aromatic heterocycles. The van der Waals surface area contributed by atoms with E-state index in [0.29, 0.717) is 55.4 Å². The Morgan fingerprint density at radius 1 is 0.481 bits per heavy atom. The van der Waals surface area contributed by atoms with Crippen molar-refractivity contribution in [2.45, 2.75) is 40.2 Å². The minimum Gasteiger partial charge on any atom is -0.508 e. The number of halogens is 1. The molecule has 4 aromatic carbocycles. The van der Waals surface area contributed by atoms with E-state index in [4.69, 9.17) is 18.9 Å². The Morgan fingerprint density at radius 2 is 0.877 bits per heavy atom. The zero-order valence-corrected chi connectivity index (χ0v) is 45.8. The Balaban J connectivity index is 0.000000139. The summed E-state index contributed by atoms with van der Waals surface area (Å²) in [4.78, 5) is 73.3. The molecule has 410 valence electrons. The van der Waals surface area contributed by atoms with Gasteiger partial charge in [-0.1, -0.05) is 7.43 Å². The number of methoxy groups -OCH3 is 3. The van der Waals surface area contributed by atoms with Gasteiger partial charge in [0.05, 0.1) is 52.9 Å². The molecule has 0 bridgehead atoms. The number of hydrogen-bond donors (Lipinski definition) is 2. The van der Waals surface area contributed by atoms with Crippen molar-refractivity contribution in [3.63, 3.8) is 0 Å². The maximum Gasteiger partial charge on any atom is 0.258 e. The van der Waals surface area contributed by atoms with Crippen LogP contribution in [-0.4, -0.2) is 75.0 Å². The number of carbonyl (C=O) groups is 4. The highest BCUT2D eigenvalue weighted by Gasteiger charge is 2.31. The van der Waals surface area contributed by atoms with Crippen LogP contribution >= 0.6 is 22.6 Å². The third-order valence-corrected chi connectivity index (χ3v) is 13.6. The molecule has 0 saturated heterocycles. The summed E-state index contributed by atoms with van der Waals surface area (Å²) in [5, 5.41) is 12.1. The maximum atomic E-state index is 12.6. The van der Waals surface area contributed by atoms with E-state index >= 15 is 0 Å². The minimum atomic E-state index is -0.0359. The van der Waals surface area contributed by atoms with Gasteiger partial charge in [0.1, 0.15) is 35.4 Å². The number of phenolic OH excluding ortho intramolecular Hbond substituents is 1. The van der Waals surface area contributed by atoms with Crippen LogP contribution in [0.4, 0.5) is 17.1 Å². The molecule has 0 aliphatic carbocycles. The average Bonchev–Trinajstić information content (AvgIpc) is 4.26. The molecule has 4 amide bonds. The number of hydrogen-bond acceptors (Lipinski definition) is 14. The first-order chi connectivity index (χ1) is 39.0. The highest BCUT2D eigenvalue weighted by Crippen LogP contribution is 2.33. The normalized spacial score (nSPS) is 12.9. The van der Waals surface area contributed by atoms with Gasteiger partial charge in [-0.05, 0) is 178 Å². The zero-order valence-electron chi connectivity index (χ0n) is 43.6. The van der Waals surface area contributed by atoms with Crippen LogP contribution in [0, 0.1) is 3.57 Å². The summed E-state index contributed by atoms with van der Waals surface area (Å²) in [7, 11) is 4.85. The van der Waals surface area contributed by atoms with E-state index in [-0.39, 0.29) is 36.8 Å². The van der Waals surface area contributed by atoms with E-state index in [1.165, 1.54) is 9.64 Å². The number of anilines is 3. The molecule has 0 saturated carbocycles. The monoisotopic (exact) mass is 1200 g/mol. The molecule has 9 heterocycles. The second-order valence-corrected chi connectivity index (χ2v) is 19.1. The second-order valence-electron chi connectivity index (χ2n) is 17.8. The molecular formula is C62H56IN9O9. The third-order valence-electron chi connectivity index (χ3n) is 12.9. The summed E-state index contributed by atoms with van der Waals surface area (Å²) in [6, 6.07) is 39.9. The molecule has 0 radical (unpaired) electrons. The van der Waals surface area contributed by atoms with Crippen molar-refractivity contribution in [2.24, 2.45) is 0 Å². The quantitative estimate of drug-likeness (QED) is 0.129. The molecule has 18 nitrogen and oxygen atoms in total. The minimum absolute atomic E-state index is 0. The SMILES string of the molecule is C.COc1ccc(COc2ccc3c(c2)CN(c2ccncc2)C3=O)nc1.COc1ccc2c(c1)CN(c1ccncc1)C2=O.COc1ccc2c(c1)CNC2=O.Ic1ccncc1.O=C1c2ccc(O)cc2CN1c1ccncc1. The largest absolute Gasteiger partial charge is 0.508 e. The molecule has 9 aromatic rings. The number of nitrogens with one attached hydrogen (secondary N) is 1. The summed E-state index contributed by atoms with van der Waals surface area (Å²) in [5.41, 5.74) is 10.0. The molecule has 0 atom stereocenters. The predicted molar refractivity (Wildman–Crippen MR) is 315 cm³/mol. The van der Waals surface area contributed by atoms with Crippen molar-refractivity contribution in [3.05, 3.63) is 243 Å². The fourth-order valence-electron chi connectivity index (χ4n) is 8.76. The number of rotatable bonds is 9. The van der Waals surface area contributed by atoms with Crippen LogP contribution < -0.4 is 39.0 Å². The van der Waals surface area contributed by atoms with Crippen LogP contribution in [0.3, 0.4) is 0 Å². The van der Waals surface area contributed by atoms with E-state index in [9.17, 15) is 24.3 Å². The Labute approximate surface area is 482 Å². The second kappa shape index (κ2) is 27.2. The number of carbonyl (C=O) groups excluding carboxylic acids is 4. The summed E-state index contributed by atoms with van der Waals surface area (Å²) >= 11 is 2.24. The van der Waals surface area contributed by atoms with E-state index in [2.05, 4.69) is 52.8 Å². The van der Waals surface area contributed by atoms with E-state index in [1.54, 1.807) is 128 Å².